The number of esters is 2. The highest BCUT2D eigenvalue weighted by Crippen LogP contribution is 2.76. The Morgan fingerprint density at radius 3 is 2.14 bits per heavy atom. The fraction of sp³-hybridized carbons (Fsp3) is 0.857. The van der Waals surface area contributed by atoms with E-state index in [1.54, 1.807) is 6.92 Å². The Bertz CT molecular complexity index is 1150. The summed E-state index contributed by atoms with van der Waals surface area (Å²) in [7, 11) is 0. The molecular formula is C35H56O8. The number of aliphatic hydroxyl groups is 2. The molecule has 0 aromatic heterocycles. The highest BCUT2D eigenvalue weighted by molar-refractivity contribution is 5.90. The molecule has 0 aromatic carbocycles. The number of carbonyl (C=O) groups excluding carboxylic acids is 2. The van der Waals surface area contributed by atoms with Crippen molar-refractivity contribution < 1.29 is 39.2 Å². The van der Waals surface area contributed by atoms with E-state index < -0.39 is 41.6 Å². The molecule has 0 heterocycles. The van der Waals surface area contributed by atoms with E-state index in [2.05, 4.69) is 40.7 Å². The number of rotatable bonds is 8. The molecule has 0 spiro atoms. The van der Waals surface area contributed by atoms with Gasteiger partial charge in [-0.2, -0.15) is 0 Å². The molecule has 4 rings (SSSR count). The van der Waals surface area contributed by atoms with Gasteiger partial charge in [-0.05, 0) is 107 Å². The Kier molecular flexibility index (Phi) is 8.80. The summed E-state index contributed by atoms with van der Waals surface area (Å²) in [6, 6.07) is 0. The Labute approximate surface area is 258 Å². The molecule has 0 radical (unpaired) electrons. The lowest BCUT2D eigenvalue weighted by Gasteiger charge is -2.71. The molecule has 4 aliphatic carbocycles. The molecule has 3 N–H and O–H groups in total. The lowest BCUT2D eigenvalue weighted by molar-refractivity contribution is -0.274. The molecule has 4 fully saturated rings. The van der Waals surface area contributed by atoms with Crippen LogP contribution in [0.3, 0.4) is 0 Å². The number of carbonyl (C=O) groups is 3. The summed E-state index contributed by atoms with van der Waals surface area (Å²) in [4.78, 5) is 36.1. The number of hydrogen-bond acceptors (Lipinski definition) is 7. The fourth-order valence-electron chi connectivity index (χ4n) is 11.1. The van der Waals surface area contributed by atoms with Gasteiger partial charge in [-0.15, -0.1) is 0 Å². The molecular weight excluding hydrogens is 548 g/mol. The summed E-state index contributed by atoms with van der Waals surface area (Å²) in [5, 5.41) is 33.6. The van der Waals surface area contributed by atoms with Crippen molar-refractivity contribution in [1.29, 1.82) is 0 Å². The number of fused-ring (bicyclic) bond motifs is 5. The van der Waals surface area contributed by atoms with E-state index in [1.807, 2.05) is 13.8 Å². The smallest absolute Gasteiger partial charge is 0.317 e. The molecule has 0 aromatic rings. The van der Waals surface area contributed by atoms with Crippen LogP contribution in [0.1, 0.15) is 127 Å². The van der Waals surface area contributed by atoms with E-state index in [0.717, 1.165) is 25.7 Å². The molecule has 0 bridgehead atoms. The maximum Gasteiger partial charge on any atom is 0.317 e. The lowest BCUT2D eigenvalue weighted by Crippen LogP contribution is -2.70. The topological polar surface area (TPSA) is 130 Å². The van der Waals surface area contributed by atoms with Crippen LogP contribution in [0.4, 0.5) is 0 Å². The number of carboxylic acid groups (broad SMARTS) is 1. The molecule has 4 unspecified atom stereocenters. The van der Waals surface area contributed by atoms with Gasteiger partial charge in [0.05, 0.1) is 11.2 Å². The second-order valence-corrected chi connectivity index (χ2v) is 16.3. The van der Waals surface area contributed by atoms with Gasteiger partial charge in [0.25, 0.3) is 0 Å². The highest BCUT2D eigenvalue weighted by Gasteiger charge is 2.75. The number of hydrogen-bond donors (Lipinski definition) is 3. The zero-order valence-electron chi connectivity index (χ0n) is 27.9. The Balaban J connectivity index is 1.72. The van der Waals surface area contributed by atoms with Crippen LogP contribution in [-0.4, -0.2) is 56.6 Å². The van der Waals surface area contributed by atoms with Crippen molar-refractivity contribution in [3.63, 3.8) is 0 Å². The van der Waals surface area contributed by atoms with E-state index in [4.69, 9.17) is 14.6 Å². The Hall–Kier alpha value is -1.93. The van der Waals surface area contributed by atoms with Gasteiger partial charge in [-0.3, -0.25) is 14.4 Å². The summed E-state index contributed by atoms with van der Waals surface area (Å²) in [6.07, 6.45) is 6.69. The van der Waals surface area contributed by atoms with Crippen molar-refractivity contribution in [2.45, 2.75) is 150 Å². The van der Waals surface area contributed by atoms with Gasteiger partial charge in [-0.25, -0.2) is 0 Å². The standard InChI is InChI=1S/C35H56O8/c1-21(2)11-10-14-34(9,40)35(41)18-17-33(8)29(35)23(42-22(3)36)19-25-31(6)15-13-26(43-28(39)20-27(37)38)30(4,5)24(31)12-16-32(25,33)7/h11,23-26,29,40-41H,10,12-20H2,1-9H3,(H,37,38)/t23-,24?,25?,26-,29?,31+,32-,33-,34?,35-/m1/s1. The second kappa shape index (κ2) is 11.1. The molecule has 0 amide bonds. The van der Waals surface area contributed by atoms with Crippen molar-refractivity contribution in [3.8, 4) is 0 Å². The third-order valence-electron chi connectivity index (χ3n) is 13.4. The maximum atomic E-state index is 12.6. The highest BCUT2D eigenvalue weighted by atomic mass is 16.5. The summed E-state index contributed by atoms with van der Waals surface area (Å²) in [5.74, 6) is -2.28. The number of allylic oxidation sites excluding steroid dienone is 2. The SMILES string of the molecule is CC(=O)O[C@@H]1CC2[C@@]3(C)CC[C@@H](OC(=O)CC(=O)O)C(C)(C)C3CC[C@@]2(C)[C@]2(C)CC[C@](O)(C(C)(O)CCC=C(C)C)C12. The van der Waals surface area contributed by atoms with Crippen LogP contribution in [0.2, 0.25) is 0 Å². The maximum absolute atomic E-state index is 12.6. The van der Waals surface area contributed by atoms with Gasteiger partial charge in [0.15, 0.2) is 0 Å². The normalized spacial score (nSPS) is 42.8. The van der Waals surface area contributed by atoms with Gasteiger partial charge >= 0.3 is 17.9 Å². The molecule has 4 aliphatic rings. The fourth-order valence-corrected chi connectivity index (χ4v) is 11.1. The summed E-state index contributed by atoms with van der Waals surface area (Å²) in [6.45, 7) is 18.5. The summed E-state index contributed by atoms with van der Waals surface area (Å²) in [5.41, 5.74) is -2.67. The van der Waals surface area contributed by atoms with Gasteiger partial charge in [0, 0.05) is 18.3 Å². The Morgan fingerprint density at radius 1 is 0.907 bits per heavy atom. The molecule has 8 heteroatoms. The minimum absolute atomic E-state index is 0.148. The van der Waals surface area contributed by atoms with Crippen LogP contribution in [0.25, 0.3) is 0 Å². The quantitative estimate of drug-likeness (QED) is 0.169. The van der Waals surface area contributed by atoms with Crippen LogP contribution < -0.4 is 0 Å². The molecule has 244 valence electrons. The summed E-state index contributed by atoms with van der Waals surface area (Å²) < 4.78 is 11.9. The second-order valence-electron chi connectivity index (χ2n) is 16.3. The average Bonchev–Trinajstić information content (AvgIpc) is 3.15. The van der Waals surface area contributed by atoms with Crippen LogP contribution in [0.15, 0.2) is 11.6 Å². The molecule has 4 saturated carbocycles. The van der Waals surface area contributed by atoms with E-state index in [1.165, 1.54) is 12.5 Å². The van der Waals surface area contributed by atoms with Crippen molar-refractivity contribution in [2.24, 2.45) is 39.4 Å². The van der Waals surface area contributed by atoms with Gasteiger partial charge in [-0.1, -0.05) is 46.3 Å². The van der Waals surface area contributed by atoms with Crippen molar-refractivity contribution in [1.82, 2.24) is 0 Å². The van der Waals surface area contributed by atoms with E-state index in [0.29, 0.717) is 32.1 Å². The van der Waals surface area contributed by atoms with Crippen LogP contribution in [0.5, 0.6) is 0 Å². The molecule has 0 aliphatic heterocycles. The van der Waals surface area contributed by atoms with Crippen LogP contribution in [-0.2, 0) is 23.9 Å². The zero-order valence-corrected chi connectivity index (χ0v) is 27.9. The lowest BCUT2D eigenvalue weighted by atomic mass is 9.35. The van der Waals surface area contributed by atoms with Gasteiger partial charge in [0.2, 0.25) is 0 Å². The molecule has 10 atom stereocenters. The number of ether oxygens (including phenoxy) is 2. The largest absolute Gasteiger partial charge is 0.481 e. The van der Waals surface area contributed by atoms with Gasteiger partial charge < -0.3 is 24.8 Å². The number of carboxylic acids is 1. The number of aliphatic carboxylic acids is 1. The first-order chi connectivity index (χ1) is 19.7. The third-order valence-corrected chi connectivity index (χ3v) is 13.4. The van der Waals surface area contributed by atoms with Crippen LogP contribution >= 0.6 is 0 Å². The third kappa shape index (κ3) is 5.36. The van der Waals surface area contributed by atoms with Crippen molar-refractivity contribution in [2.75, 3.05) is 0 Å². The first kappa shape index (κ1) is 34.0. The minimum atomic E-state index is -1.40. The first-order valence-electron chi connectivity index (χ1n) is 16.3. The predicted molar refractivity (Wildman–Crippen MR) is 163 cm³/mol. The minimum Gasteiger partial charge on any atom is -0.481 e. The zero-order chi connectivity index (χ0) is 32.4. The van der Waals surface area contributed by atoms with E-state index in [9.17, 15) is 24.6 Å². The molecule has 8 nitrogen and oxygen atoms in total. The van der Waals surface area contributed by atoms with Crippen molar-refractivity contribution in [3.05, 3.63) is 11.6 Å². The molecule has 43 heavy (non-hydrogen) atoms. The Morgan fingerprint density at radius 2 is 1.56 bits per heavy atom. The van der Waals surface area contributed by atoms with E-state index in [-0.39, 0.29) is 45.6 Å². The first-order valence-corrected chi connectivity index (χ1v) is 16.3. The van der Waals surface area contributed by atoms with E-state index >= 15 is 0 Å². The van der Waals surface area contributed by atoms with Gasteiger partial charge in [0.1, 0.15) is 18.6 Å². The average molecular weight is 605 g/mol. The monoisotopic (exact) mass is 604 g/mol. The molecule has 0 saturated heterocycles. The van der Waals surface area contributed by atoms with Crippen molar-refractivity contribution >= 4 is 17.9 Å². The summed E-state index contributed by atoms with van der Waals surface area (Å²) >= 11 is 0. The predicted octanol–water partition coefficient (Wildman–Crippen LogP) is 6.21. The van der Waals surface area contributed by atoms with Crippen LogP contribution in [0, 0.1) is 39.4 Å².